The topological polar surface area (TPSA) is 76.1 Å². The monoisotopic (exact) mass is 334 g/mol. The first kappa shape index (κ1) is 17.2. The molecular weight excluding hydrogens is 316 g/mol. The van der Waals surface area contributed by atoms with E-state index in [-0.39, 0.29) is 12.3 Å². The molecular formula is C16H19ClN4O2. The lowest BCUT2D eigenvalue weighted by Gasteiger charge is -2.06. The van der Waals surface area contributed by atoms with Gasteiger partial charge in [0.15, 0.2) is 5.82 Å². The number of hydrogen-bond acceptors (Lipinski definition) is 5. The summed E-state index contributed by atoms with van der Waals surface area (Å²) in [6.07, 6.45) is 1.15. The highest BCUT2D eigenvalue weighted by Gasteiger charge is 2.06. The highest BCUT2D eigenvalue weighted by Crippen LogP contribution is 2.11. The number of anilines is 2. The van der Waals surface area contributed by atoms with Crippen molar-refractivity contribution in [3.63, 3.8) is 0 Å². The molecule has 1 heterocycles. The van der Waals surface area contributed by atoms with Crippen LogP contribution in [0.4, 0.5) is 11.6 Å². The third-order valence-electron chi connectivity index (χ3n) is 3.04. The molecule has 0 bridgehead atoms. The molecule has 23 heavy (non-hydrogen) atoms. The number of rotatable bonds is 8. The number of nitrogens with one attached hydrogen (secondary N) is 2. The number of nitrogens with zero attached hydrogens (tertiary/aromatic N) is 2. The van der Waals surface area contributed by atoms with Crippen LogP contribution in [0.25, 0.3) is 0 Å². The Morgan fingerprint density at radius 2 is 1.83 bits per heavy atom. The third kappa shape index (κ3) is 6.22. The van der Waals surface area contributed by atoms with Gasteiger partial charge < -0.3 is 15.4 Å². The van der Waals surface area contributed by atoms with E-state index < -0.39 is 0 Å². The van der Waals surface area contributed by atoms with Crippen molar-refractivity contribution in [3.05, 3.63) is 47.0 Å². The number of halogens is 1. The summed E-state index contributed by atoms with van der Waals surface area (Å²) < 4.78 is 4.97. The van der Waals surface area contributed by atoms with Crippen LogP contribution in [0, 0.1) is 0 Å². The van der Waals surface area contributed by atoms with E-state index in [1.54, 1.807) is 31.4 Å². The normalized spacial score (nSPS) is 10.3. The SMILES string of the molecule is COCCCNc1ccc(NC(=O)Cc2ccc(Cl)cc2)nn1. The molecule has 0 aliphatic heterocycles. The van der Waals surface area contributed by atoms with Crippen LogP contribution in [0.15, 0.2) is 36.4 Å². The molecule has 1 aromatic heterocycles. The van der Waals surface area contributed by atoms with E-state index in [0.717, 1.165) is 18.5 Å². The van der Waals surface area contributed by atoms with Crippen LogP contribution in [0.2, 0.25) is 5.02 Å². The molecule has 0 aliphatic rings. The number of hydrogen-bond donors (Lipinski definition) is 2. The molecule has 0 unspecified atom stereocenters. The minimum absolute atomic E-state index is 0.151. The quantitative estimate of drug-likeness (QED) is 0.726. The first-order chi connectivity index (χ1) is 11.2. The van der Waals surface area contributed by atoms with Gasteiger partial charge in [0.2, 0.25) is 5.91 Å². The fourth-order valence-corrected chi connectivity index (χ4v) is 2.03. The zero-order chi connectivity index (χ0) is 16.5. The Labute approximate surface area is 140 Å². The highest BCUT2D eigenvalue weighted by molar-refractivity contribution is 6.30. The van der Waals surface area contributed by atoms with Gasteiger partial charge in [0.05, 0.1) is 6.42 Å². The second-order valence-corrected chi connectivity index (χ2v) is 5.36. The van der Waals surface area contributed by atoms with Crippen molar-refractivity contribution in [2.45, 2.75) is 12.8 Å². The fourth-order valence-electron chi connectivity index (χ4n) is 1.90. The zero-order valence-corrected chi connectivity index (χ0v) is 13.6. The van der Waals surface area contributed by atoms with Gasteiger partial charge in [-0.3, -0.25) is 4.79 Å². The molecule has 0 saturated heterocycles. The Hall–Kier alpha value is -2.18. The number of aromatic nitrogens is 2. The van der Waals surface area contributed by atoms with E-state index in [2.05, 4.69) is 20.8 Å². The molecule has 0 radical (unpaired) electrons. The van der Waals surface area contributed by atoms with Crippen molar-refractivity contribution in [2.24, 2.45) is 0 Å². The van der Waals surface area contributed by atoms with Crippen LogP contribution in [0.5, 0.6) is 0 Å². The summed E-state index contributed by atoms with van der Waals surface area (Å²) in [5.74, 6) is 0.936. The molecule has 0 atom stereocenters. The molecule has 1 amide bonds. The molecule has 2 N–H and O–H groups in total. The molecule has 2 rings (SSSR count). The third-order valence-corrected chi connectivity index (χ3v) is 3.29. The molecule has 0 saturated carbocycles. The Bertz CT molecular complexity index is 617. The van der Waals surface area contributed by atoms with Crippen molar-refractivity contribution >= 4 is 29.1 Å². The van der Waals surface area contributed by atoms with Crippen molar-refractivity contribution in [3.8, 4) is 0 Å². The predicted molar refractivity (Wildman–Crippen MR) is 90.8 cm³/mol. The van der Waals surface area contributed by atoms with Gasteiger partial charge in [-0.15, -0.1) is 10.2 Å². The van der Waals surface area contributed by atoms with Gasteiger partial charge in [-0.05, 0) is 36.2 Å². The van der Waals surface area contributed by atoms with Crippen LogP contribution < -0.4 is 10.6 Å². The van der Waals surface area contributed by atoms with E-state index in [1.807, 2.05) is 12.1 Å². The van der Waals surface area contributed by atoms with Gasteiger partial charge in [0.1, 0.15) is 5.82 Å². The minimum Gasteiger partial charge on any atom is -0.385 e. The number of benzene rings is 1. The molecule has 0 aliphatic carbocycles. The average Bonchev–Trinajstić information content (AvgIpc) is 2.55. The maximum Gasteiger partial charge on any atom is 0.229 e. The van der Waals surface area contributed by atoms with E-state index in [0.29, 0.717) is 23.3 Å². The predicted octanol–water partition coefficient (Wildman–Crippen LogP) is 2.76. The second kappa shape index (κ2) is 9.07. The van der Waals surface area contributed by atoms with Crippen LogP contribution in [-0.2, 0) is 16.0 Å². The van der Waals surface area contributed by atoms with Gasteiger partial charge in [-0.2, -0.15) is 0 Å². The fraction of sp³-hybridized carbons (Fsp3) is 0.312. The summed E-state index contributed by atoms with van der Waals surface area (Å²) in [4.78, 5) is 12.0. The Morgan fingerprint density at radius 1 is 1.13 bits per heavy atom. The van der Waals surface area contributed by atoms with Gasteiger partial charge >= 0.3 is 0 Å². The summed E-state index contributed by atoms with van der Waals surface area (Å²) in [7, 11) is 1.67. The highest BCUT2D eigenvalue weighted by atomic mass is 35.5. The number of ether oxygens (including phenoxy) is 1. The van der Waals surface area contributed by atoms with E-state index in [4.69, 9.17) is 16.3 Å². The standard InChI is InChI=1S/C16H19ClN4O2/c1-23-10-2-9-18-14-7-8-15(21-20-14)19-16(22)11-12-3-5-13(17)6-4-12/h3-8H,2,9-11H2,1H3,(H,18,20)(H,19,21,22). The van der Waals surface area contributed by atoms with Crippen LogP contribution in [0.3, 0.4) is 0 Å². The van der Waals surface area contributed by atoms with Crippen molar-refractivity contribution in [2.75, 3.05) is 30.9 Å². The summed E-state index contributed by atoms with van der Waals surface area (Å²) >= 11 is 5.81. The first-order valence-electron chi connectivity index (χ1n) is 7.28. The van der Waals surface area contributed by atoms with Crippen LogP contribution >= 0.6 is 11.6 Å². The number of carbonyl (C=O) groups is 1. The number of amides is 1. The molecule has 2 aromatic rings. The largest absolute Gasteiger partial charge is 0.385 e. The lowest BCUT2D eigenvalue weighted by molar-refractivity contribution is -0.115. The van der Waals surface area contributed by atoms with Crippen LogP contribution in [0.1, 0.15) is 12.0 Å². The van der Waals surface area contributed by atoms with E-state index >= 15 is 0 Å². The molecule has 0 spiro atoms. The maximum absolute atomic E-state index is 12.0. The molecule has 122 valence electrons. The first-order valence-corrected chi connectivity index (χ1v) is 7.66. The zero-order valence-electron chi connectivity index (χ0n) is 12.9. The lowest BCUT2D eigenvalue weighted by atomic mass is 10.1. The average molecular weight is 335 g/mol. The smallest absolute Gasteiger partial charge is 0.229 e. The Balaban J connectivity index is 1.80. The van der Waals surface area contributed by atoms with Crippen molar-refractivity contribution in [1.82, 2.24) is 10.2 Å². The maximum atomic E-state index is 12.0. The molecule has 6 nitrogen and oxygen atoms in total. The van der Waals surface area contributed by atoms with Crippen molar-refractivity contribution in [1.29, 1.82) is 0 Å². The second-order valence-electron chi connectivity index (χ2n) is 4.93. The Kier molecular flexibility index (Phi) is 6.77. The lowest BCUT2D eigenvalue weighted by Crippen LogP contribution is -2.16. The van der Waals surface area contributed by atoms with Gasteiger partial charge in [-0.1, -0.05) is 23.7 Å². The van der Waals surface area contributed by atoms with Gasteiger partial charge in [0, 0.05) is 25.3 Å². The van der Waals surface area contributed by atoms with Gasteiger partial charge in [-0.25, -0.2) is 0 Å². The van der Waals surface area contributed by atoms with Crippen molar-refractivity contribution < 1.29 is 9.53 Å². The summed E-state index contributed by atoms with van der Waals surface area (Å²) in [6.45, 7) is 1.45. The van der Waals surface area contributed by atoms with E-state index in [9.17, 15) is 4.79 Å². The molecule has 1 aromatic carbocycles. The van der Waals surface area contributed by atoms with E-state index in [1.165, 1.54) is 0 Å². The summed E-state index contributed by atoms with van der Waals surface area (Å²) in [6, 6.07) is 10.6. The number of carbonyl (C=O) groups excluding carboxylic acids is 1. The summed E-state index contributed by atoms with van der Waals surface area (Å²) in [5.41, 5.74) is 0.885. The van der Waals surface area contributed by atoms with Gasteiger partial charge in [0.25, 0.3) is 0 Å². The minimum atomic E-state index is -0.151. The summed E-state index contributed by atoms with van der Waals surface area (Å²) in [5, 5.41) is 14.5. The Morgan fingerprint density at radius 3 is 2.48 bits per heavy atom. The van der Waals surface area contributed by atoms with Crippen LogP contribution in [-0.4, -0.2) is 36.4 Å². The molecule has 7 heteroatoms. The number of methoxy groups -OCH3 is 1. The molecule has 0 fully saturated rings.